The van der Waals surface area contributed by atoms with Gasteiger partial charge in [-0.25, -0.2) is 22.4 Å². The first kappa shape index (κ1) is 42.3. The van der Waals surface area contributed by atoms with E-state index in [0.717, 1.165) is 84.0 Å². The van der Waals surface area contributed by atoms with E-state index in [0.29, 0.717) is 39.8 Å². The first-order valence-corrected chi connectivity index (χ1v) is 23.6. The van der Waals surface area contributed by atoms with Gasteiger partial charge in [0.15, 0.2) is 22.6 Å². The van der Waals surface area contributed by atoms with Gasteiger partial charge in [-0.1, -0.05) is 44.4 Å². The van der Waals surface area contributed by atoms with E-state index in [2.05, 4.69) is 65.7 Å². The van der Waals surface area contributed by atoms with Crippen LogP contribution in [0.25, 0.3) is 33.6 Å². The van der Waals surface area contributed by atoms with Crippen molar-refractivity contribution in [2.24, 2.45) is 11.8 Å². The molecule has 6 heterocycles. The Hall–Kier alpha value is -7.63. The number of fused-ring (bicyclic) bond motifs is 6. The van der Waals surface area contributed by atoms with Crippen molar-refractivity contribution < 1.29 is 17.9 Å². The minimum absolute atomic E-state index is 0.00548. The van der Waals surface area contributed by atoms with Crippen molar-refractivity contribution in [3.05, 3.63) is 138 Å². The summed E-state index contributed by atoms with van der Waals surface area (Å²) in [6.45, 7) is 6.30. The molecule has 0 bridgehead atoms. The summed E-state index contributed by atoms with van der Waals surface area (Å²) < 4.78 is 44.7. The van der Waals surface area contributed by atoms with Crippen LogP contribution in [0.15, 0.2) is 115 Å². The maximum Gasteiger partial charge on any atom is 0.269 e. The van der Waals surface area contributed by atoms with E-state index in [9.17, 15) is 8.42 Å². The number of aromatic amines is 1. The van der Waals surface area contributed by atoms with E-state index in [4.69, 9.17) is 20.0 Å². The molecule has 1 N–H and O–H groups in total. The molecule has 2 aliphatic rings. The van der Waals surface area contributed by atoms with Crippen LogP contribution < -0.4 is 9.47 Å². The largest absolute Gasteiger partial charge is 0.490 e. The number of hydrogen-bond donors (Lipinski definition) is 1. The zero-order chi connectivity index (χ0) is 45.5. The second kappa shape index (κ2) is 17.4. The molecule has 2 aliphatic carbocycles. The summed E-state index contributed by atoms with van der Waals surface area (Å²) in [7, 11) is -3.83. The van der Waals surface area contributed by atoms with Gasteiger partial charge in [-0.15, -0.1) is 20.4 Å². The predicted molar refractivity (Wildman–Crippen MR) is 245 cm³/mol. The first-order valence-electron chi connectivity index (χ1n) is 22.2. The van der Waals surface area contributed by atoms with Crippen LogP contribution in [0.4, 0.5) is 0 Å². The standard InChI is InChI=1S/C28H26N6O3S.C21H20N6O/c1-3-20-14-22(37-21-8-6-19(16-29)7-9-21)15-24(20)27-32-31-26-17-30-28-25(34(26)27)12-13-33(28)38(35,36)23-10-4-18(2)5-11-23;1-2-14-9-16(28-15-5-3-13(11-22)4-6-15)10-17(14)21-26-25-19-12-24-20-18(27(19)21)7-8-23-20/h4-13,17,20,22,24H,3,14-15H2,1-2H3;3-8,12,14,16-17,23H,2,9-10H2,1H3/t20-,22-,24?;14-,16-,17?/m11/s1. The number of benzene rings is 3. The smallest absolute Gasteiger partial charge is 0.269 e. The van der Waals surface area contributed by atoms with Crippen LogP contribution >= 0.6 is 0 Å². The quantitative estimate of drug-likeness (QED) is 0.137. The van der Waals surface area contributed by atoms with Gasteiger partial charge in [-0.2, -0.15) is 10.5 Å². The molecule has 332 valence electrons. The number of aromatic nitrogens is 10. The molecule has 2 unspecified atom stereocenters. The summed E-state index contributed by atoms with van der Waals surface area (Å²) in [6, 6.07) is 29.3. The number of nitrogens with zero attached hydrogens (tertiary/aromatic N) is 11. The van der Waals surface area contributed by atoms with Crippen LogP contribution in [0, 0.1) is 41.4 Å². The molecule has 2 fully saturated rings. The van der Waals surface area contributed by atoms with Crippen molar-refractivity contribution >= 4 is 43.6 Å². The second-order valence-electron chi connectivity index (χ2n) is 17.1. The van der Waals surface area contributed by atoms with Gasteiger partial charge in [0, 0.05) is 24.2 Å². The number of rotatable bonds is 10. The van der Waals surface area contributed by atoms with Crippen molar-refractivity contribution in [3.8, 4) is 23.6 Å². The number of ether oxygens (including phenoxy) is 2. The van der Waals surface area contributed by atoms with E-state index < -0.39 is 10.0 Å². The third-order valence-electron chi connectivity index (χ3n) is 13.2. The average molecular weight is 899 g/mol. The number of hydrogen-bond acceptors (Lipinski definition) is 12. The van der Waals surface area contributed by atoms with Crippen molar-refractivity contribution in [1.82, 2.24) is 48.1 Å². The van der Waals surface area contributed by atoms with Gasteiger partial charge < -0.3 is 14.5 Å². The number of H-pyrrole nitrogens is 1. The molecule has 3 aromatic carbocycles. The number of nitriles is 2. The maximum atomic E-state index is 13.4. The van der Waals surface area contributed by atoms with Crippen molar-refractivity contribution in [2.45, 2.75) is 88.2 Å². The Balaban J connectivity index is 0.000000162. The summed E-state index contributed by atoms with van der Waals surface area (Å²) in [4.78, 5) is 12.2. The minimum Gasteiger partial charge on any atom is -0.490 e. The molecule has 66 heavy (non-hydrogen) atoms. The Morgan fingerprint density at radius 1 is 0.667 bits per heavy atom. The van der Waals surface area contributed by atoms with Crippen LogP contribution in [0.2, 0.25) is 0 Å². The molecule has 16 nitrogen and oxygen atoms in total. The molecule has 2 saturated carbocycles. The van der Waals surface area contributed by atoms with Crippen LogP contribution in [-0.2, 0) is 10.0 Å². The Morgan fingerprint density at radius 3 is 1.73 bits per heavy atom. The first-order chi connectivity index (χ1) is 32.1. The molecular formula is C49H46N12O4S. The van der Waals surface area contributed by atoms with Crippen molar-refractivity contribution in [1.29, 1.82) is 10.5 Å². The van der Waals surface area contributed by atoms with E-state index in [-0.39, 0.29) is 28.9 Å². The Bertz CT molecular complexity index is 3400. The maximum absolute atomic E-state index is 13.4. The third kappa shape index (κ3) is 7.75. The van der Waals surface area contributed by atoms with Gasteiger partial charge >= 0.3 is 0 Å². The lowest BCUT2D eigenvalue weighted by Gasteiger charge is -2.16. The molecule has 0 radical (unpaired) electrons. The molecule has 17 heteroatoms. The summed E-state index contributed by atoms with van der Waals surface area (Å²) >= 11 is 0. The van der Waals surface area contributed by atoms with Gasteiger partial charge in [0.05, 0.1) is 63.8 Å². The lowest BCUT2D eigenvalue weighted by molar-refractivity contribution is 0.203. The van der Waals surface area contributed by atoms with Gasteiger partial charge in [0.1, 0.15) is 23.1 Å². The minimum atomic E-state index is -3.83. The van der Waals surface area contributed by atoms with E-state index >= 15 is 0 Å². The second-order valence-corrected chi connectivity index (χ2v) is 18.9. The van der Waals surface area contributed by atoms with Gasteiger partial charge in [0.2, 0.25) is 0 Å². The predicted octanol–water partition coefficient (Wildman–Crippen LogP) is 8.68. The Labute approximate surface area is 380 Å². The summed E-state index contributed by atoms with van der Waals surface area (Å²) in [5, 5.41) is 35.8. The lowest BCUT2D eigenvalue weighted by atomic mass is 9.93. The van der Waals surface area contributed by atoms with Crippen LogP contribution in [0.1, 0.15) is 92.5 Å². The molecule has 0 aliphatic heterocycles. The highest BCUT2D eigenvalue weighted by atomic mass is 32.2. The fourth-order valence-corrected chi connectivity index (χ4v) is 11.1. The normalized spacial score (nSPS) is 20.6. The third-order valence-corrected chi connectivity index (χ3v) is 14.9. The van der Waals surface area contributed by atoms with Gasteiger partial charge in [-0.3, -0.25) is 8.80 Å². The molecule has 11 rings (SSSR count). The van der Waals surface area contributed by atoms with E-state index in [1.54, 1.807) is 73.2 Å². The molecule has 0 amide bonds. The zero-order valence-electron chi connectivity index (χ0n) is 36.6. The number of nitrogens with one attached hydrogen (secondary N) is 1. The van der Waals surface area contributed by atoms with Crippen molar-refractivity contribution in [2.75, 3.05) is 0 Å². The molecule has 0 saturated heterocycles. The van der Waals surface area contributed by atoms with Gasteiger partial charge in [0.25, 0.3) is 10.0 Å². The van der Waals surface area contributed by atoms with Crippen LogP contribution in [0.3, 0.4) is 0 Å². The van der Waals surface area contributed by atoms with E-state index in [1.165, 1.54) is 3.97 Å². The number of aryl methyl sites for hydroxylation is 1. The topological polar surface area (TPSA) is 207 Å². The summed E-state index contributed by atoms with van der Waals surface area (Å²) in [5.41, 5.74) is 6.38. The Morgan fingerprint density at radius 2 is 1.20 bits per heavy atom. The Kier molecular flexibility index (Phi) is 11.2. The average Bonchev–Trinajstić information content (AvgIpc) is 4.21. The van der Waals surface area contributed by atoms with Gasteiger partial charge in [-0.05, 0) is 117 Å². The fraction of sp³-hybridized carbons (Fsp3) is 0.306. The highest BCUT2D eigenvalue weighted by molar-refractivity contribution is 7.90. The molecule has 6 atom stereocenters. The lowest BCUT2D eigenvalue weighted by Crippen LogP contribution is -2.13. The summed E-state index contributed by atoms with van der Waals surface area (Å²) in [5.74, 6) is 4.49. The molecule has 0 spiro atoms. The van der Waals surface area contributed by atoms with Crippen LogP contribution in [0.5, 0.6) is 11.5 Å². The molecule has 9 aromatic rings. The molecule has 6 aromatic heterocycles. The van der Waals surface area contributed by atoms with Crippen LogP contribution in [-0.4, -0.2) is 68.7 Å². The highest BCUT2D eigenvalue weighted by Crippen LogP contribution is 2.44. The molecular weight excluding hydrogens is 853 g/mol. The summed E-state index contributed by atoms with van der Waals surface area (Å²) in [6.07, 6.45) is 12.4. The van der Waals surface area contributed by atoms with E-state index in [1.807, 2.05) is 47.9 Å². The van der Waals surface area contributed by atoms with Crippen molar-refractivity contribution in [3.63, 3.8) is 0 Å². The SMILES string of the molecule is CC[C@@H]1C[C@@H](Oc2ccc(C#N)cc2)CC1c1nnc2cnc3[nH]ccc3n12.CC[C@@H]1C[C@@H](Oc2ccc(C#N)cc2)CC1c1nnc2cnc3c(ccn3S(=O)(=O)c3ccc(C)cc3)n12. The monoisotopic (exact) mass is 898 g/mol. The highest BCUT2D eigenvalue weighted by Gasteiger charge is 2.40. The fourth-order valence-electron chi connectivity index (χ4n) is 9.82. The zero-order valence-corrected chi connectivity index (χ0v) is 37.4.